The normalized spacial score (nSPS) is 12.2. The molecule has 0 unspecified atom stereocenters. The third kappa shape index (κ3) is 4.06. The van der Waals surface area contributed by atoms with Crippen molar-refractivity contribution in [1.29, 1.82) is 0 Å². The van der Waals surface area contributed by atoms with Gasteiger partial charge >= 0.3 is 0 Å². The number of nitrogens with one attached hydrogen (secondary N) is 1. The van der Waals surface area contributed by atoms with Gasteiger partial charge in [-0.25, -0.2) is 26.9 Å². The molecule has 1 aromatic heterocycles. The molecule has 1 amide bonds. The highest BCUT2D eigenvalue weighted by Crippen LogP contribution is 2.30. The summed E-state index contributed by atoms with van der Waals surface area (Å²) in [6.45, 7) is 4.17. The molecule has 4 rings (SSSR count). The van der Waals surface area contributed by atoms with Crippen LogP contribution in [0.5, 0.6) is 0 Å². The second-order valence-electron chi connectivity index (χ2n) is 7.54. The molecule has 0 aliphatic rings. The summed E-state index contributed by atoms with van der Waals surface area (Å²) in [6.07, 6.45) is 0.959. The fourth-order valence-corrected chi connectivity index (χ4v) is 3.34. The van der Waals surface area contributed by atoms with Crippen molar-refractivity contribution in [2.45, 2.75) is 26.2 Å². The van der Waals surface area contributed by atoms with Crippen LogP contribution in [0, 0.1) is 29.1 Å². The monoisotopic (exact) mass is 460 g/mol. The van der Waals surface area contributed by atoms with Crippen LogP contribution in [0.1, 0.15) is 42.1 Å². The second kappa shape index (κ2) is 8.65. The first kappa shape index (κ1) is 22.4. The topological polar surface area (TPSA) is 55.1 Å². The Kier molecular flexibility index (Phi) is 5.88. The molecule has 0 fully saturated rings. The van der Waals surface area contributed by atoms with Gasteiger partial charge < -0.3 is 9.73 Å². The van der Waals surface area contributed by atoms with Crippen LogP contribution in [-0.2, 0) is 0 Å². The maximum absolute atomic E-state index is 13.9. The fraction of sp³-hybridized carbons (Fsp3) is 0.167. The van der Waals surface area contributed by atoms with Gasteiger partial charge in [-0.3, -0.25) is 4.79 Å². The first-order valence-corrected chi connectivity index (χ1v) is 10.0. The van der Waals surface area contributed by atoms with E-state index >= 15 is 0 Å². The average molecular weight is 460 g/mol. The Morgan fingerprint density at radius 1 is 0.970 bits per heavy atom. The number of aromatic nitrogens is 1. The summed E-state index contributed by atoms with van der Waals surface area (Å²) in [5, 5.41) is 2.15. The van der Waals surface area contributed by atoms with Gasteiger partial charge in [0.25, 0.3) is 5.91 Å². The van der Waals surface area contributed by atoms with Gasteiger partial charge in [0.05, 0.1) is 0 Å². The van der Waals surface area contributed by atoms with Crippen molar-refractivity contribution in [1.82, 2.24) is 4.98 Å². The molecular weight excluding hydrogens is 443 g/mol. The molecule has 0 aliphatic heterocycles. The summed E-state index contributed by atoms with van der Waals surface area (Å²) >= 11 is 0. The van der Waals surface area contributed by atoms with E-state index in [2.05, 4.69) is 24.1 Å². The van der Waals surface area contributed by atoms with E-state index < -0.39 is 40.6 Å². The number of halogens is 5. The molecule has 0 bridgehead atoms. The predicted molar refractivity (Wildman–Crippen MR) is 112 cm³/mol. The van der Waals surface area contributed by atoms with E-state index in [1.165, 1.54) is 18.2 Å². The minimum atomic E-state index is -2.34. The summed E-state index contributed by atoms with van der Waals surface area (Å²) in [7, 11) is 0. The van der Waals surface area contributed by atoms with Gasteiger partial charge in [0.2, 0.25) is 11.7 Å². The molecule has 9 heteroatoms. The van der Waals surface area contributed by atoms with Crippen LogP contribution in [0.3, 0.4) is 0 Å². The van der Waals surface area contributed by atoms with E-state index in [4.69, 9.17) is 4.42 Å². The molecule has 1 N–H and O–H groups in total. The fourth-order valence-electron chi connectivity index (χ4n) is 3.34. The van der Waals surface area contributed by atoms with E-state index in [9.17, 15) is 26.7 Å². The lowest BCUT2D eigenvalue weighted by Gasteiger charge is -2.09. The molecule has 0 aliphatic carbocycles. The zero-order valence-corrected chi connectivity index (χ0v) is 17.5. The summed E-state index contributed by atoms with van der Waals surface area (Å²) < 4.78 is 73.7. The number of hydrogen-bond donors (Lipinski definition) is 1. The first-order chi connectivity index (χ1) is 15.7. The molecule has 1 atom stereocenters. The molecule has 33 heavy (non-hydrogen) atoms. The SMILES string of the molecule is CC[C@@H](C)c1ccc2oc(-c3cccc(NC(=O)c4c(F)c(F)c(F)c(F)c4F)c3)nc2c1. The number of hydrogen-bond acceptors (Lipinski definition) is 3. The highest BCUT2D eigenvalue weighted by molar-refractivity contribution is 6.05. The summed E-state index contributed by atoms with van der Waals surface area (Å²) in [6, 6.07) is 11.6. The van der Waals surface area contributed by atoms with Crippen molar-refractivity contribution in [3.63, 3.8) is 0 Å². The van der Waals surface area contributed by atoms with Crippen molar-refractivity contribution in [2.75, 3.05) is 5.32 Å². The van der Waals surface area contributed by atoms with Crippen LogP contribution in [0.25, 0.3) is 22.6 Å². The number of amides is 1. The van der Waals surface area contributed by atoms with E-state index in [1.807, 2.05) is 18.2 Å². The molecule has 0 saturated carbocycles. The van der Waals surface area contributed by atoms with Crippen molar-refractivity contribution in [2.24, 2.45) is 0 Å². The maximum atomic E-state index is 13.9. The van der Waals surface area contributed by atoms with Crippen LogP contribution >= 0.6 is 0 Å². The first-order valence-electron chi connectivity index (χ1n) is 10.0. The molecular formula is C24H17F5N2O2. The highest BCUT2D eigenvalue weighted by Gasteiger charge is 2.29. The largest absolute Gasteiger partial charge is 0.436 e. The van der Waals surface area contributed by atoms with E-state index in [0.717, 1.165) is 12.0 Å². The number of carbonyl (C=O) groups excluding carboxylic acids is 1. The smallest absolute Gasteiger partial charge is 0.261 e. The summed E-state index contributed by atoms with van der Waals surface area (Å²) in [5.41, 5.74) is 1.20. The standard InChI is InChI=1S/C24H17F5N2O2/c1-3-11(2)12-7-8-16-15(10-12)31-24(33-16)13-5-4-6-14(9-13)30-23(32)17-18(25)20(27)22(29)21(28)19(17)26/h4-11H,3H2,1-2H3,(H,30,32)/t11-/m1/s1. The Morgan fingerprint density at radius 2 is 1.64 bits per heavy atom. The lowest BCUT2D eigenvalue weighted by Crippen LogP contribution is -2.19. The molecule has 1 heterocycles. The van der Waals surface area contributed by atoms with Gasteiger partial charge in [-0.1, -0.05) is 26.0 Å². The van der Waals surface area contributed by atoms with E-state index in [-0.39, 0.29) is 11.6 Å². The minimum Gasteiger partial charge on any atom is -0.436 e. The Morgan fingerprint density at radius 3 is 2.30 bits per heavy atom. The zero-order valence-electron chi connectivity index (χ0n) is 17.5. The Balaban J connectivity index is 1.65. The zero-order chi connectivity index (χ0) is 23.9. The van der Waals surface area contributed by atoms with Crippen molar-refractivity contribution >= 4 is 22.7 Å². The average Bonchev–Trinajstić information content (AvgIpc) is 3.25. The highest BCUT2D eigenvalue weighted by atomic mass is 19.2. The number of fused-ring (bicyclic) bond motifs is 1. The quantitative estimate of drug-likeness (QED) is 0.199. The lowest BCUT2D eigenvalue weighted by atomic mass is 9.98. The molecule has 0 saturated heterocycles. The maximum Gasteiger partial charge on any atom is 0.261 e. The van der Waals surface area contributed by atoms with E-state index in [1.54, 1.807) is 6.07 Å². The molecule has 3 aromatic carbocycles. The van der Waals surface area contributed by atoms with Gasteiger partial charge in [0.15, 0.2) is 28.9 Å². The molecule has 4 nitrogen and oxygen atoms in total. The van der Waals surface area contributed by atoms with Crippen LogP contribution in [-0.4, -0.2) is 10.9 Å². The molecule has 0 radical (unpaired) electrons. The Labute approximate surface area is 185 Å². The molecule has 4 aromatic rings. The van der Waals surface area contributed by atoms with Crippen LogP contribution in [0.4, 0.5) is 27.6 Å². The summed E-state index contributed by atoms with van der Waals surface area (Å²) in [4.78, 5) is 16.8. The van der Waals surface area contributed by atoms with Gasteiger partial charge in [-0.15, -0.1) is 0 Å². The Hall–Kier alpha value is -3.75. The second-order valence-corrected chi connectivity index (χ2v) is 7.54. The van der Waals surface area contributed by atoms with Crippen molar-refractivity contribution in [3.05, 3.63) is 82.7 Å². The van der Waals surface area contributed by atoms with Crippen LogP contribution in [0.2, 0.25) is 0 Å². The lowest BCUT2D eigenvalue weighted by molar-refractivity contribution is 0.101. The van der Waals surface area contributed by atoms with Crippen LogP contribution < -0.4 is 5.32 Å². The van der Waals surface area contributed by atoms with E-state index in [0.29, 0.717) is 22.6 Å². The number of oxazole rings is 1. The van der Waals surface area contributed by atoms with Gasteiger partial charge in [-0.05, 0) is 48.2 Å². The number of benzene rings is 3. The number of carbonyl (C=O) groups is 1. The predicted octanol–water partition coefficient (Wildman–Crippen LogP) is 6.96. The summed E-state index contributed by atoms with van der Waals surface area (Å²) in [5.74, 6) is -12.1. The van der Waals surface area contributed by atoms with Crippen molar-refractivity contribution < 1.29 is 31.2 Å². The van der Waals surface area contributed by atoms with Gasteiger partial charge in [0, 0.05) is 11.3 Å². The number of anilines is 1. The number of nitrogens with zero attached hydrogens (tertiary/aromatic N) is 1. The third-order valence-corrected chi connectivity index (χ3v) is 5.40. The Bertz CT molecular complexity index is 1350. The van der Waals surface area contributed by atoms with Crippen molar-refractivity contribution in [3.8, 4) is 11.5 Å². The molecule has 0 spiro atoms. The van der Waals surface area contributed by atoms with Crippen LogP contribution in [0.15, 0.2) is 46.9 Å². The van der Waals surface area contributed by atoms with Gasteiger partial charge in [0.1, 0.15) is 11.1 Å². The van der Waals surface area contributed by atoms with Gasteiger partial charge in [-0.2, -0.15) is 0 Å². The molecule has 170 valence electrons. The third-order valence-electron chi connectivity index (χ3n) is 5.40. The minimum absolute atomic E-state index is 0.0454. The number of rotatable bonds is 5.